The number of carbonyl (C=O) groups excluding carboxylic acids is 1. The molecule has 6 rings (SSSR count). The van der Waals surface area contributed by atoms with Gasteiger partial charge in [-0.15, -0.1) is 0 Å². The molecule has 1 amide bonds. The van der Waals surface area contributed by atoms with Crippen molar-refractivity contribution in [2.45, 2.75) is 23.8 Å². The van der Waals surface area contributed by atoms with E-state index in [1.807, 2.05) is 44.6 Å². The zero-order valence-electron chi connectivity index (χ0n) is 23.6. The van der Waals surface area contributed by atoms with Gasteiger partial charge in [0.15, 0.2) is 0 Å². The minimum atomic E-state index is -3.98. The quantitative estimate of drug-likeness (QED) is 0.246. The van der Waals surface area contributed by atoms with E-state index in [9.17, 15) is 13.2 Å². The molecule has 1 aliphatic rings. The third-order valence-corrected chi connectivity index (χ3v) is 9.38. The molecule has 0 radical (unpaired) electrons. The molecule has 3 heterocycles. The van der Waals surface area contributed by atoms with E-state index in [1.165, 1.54) is 3.97 Å². The van der Waals surface area contributed by atoms with Gasteiger partial charge in [-0.25, -0.2) is 17.4 Å². The van der Waals surface area contributed by atoms with E-state index in [0.29, 0.717) is 42.7 Å². The first-order chi connectivity index (χ1) is 20.3. The minimum Gasteiger partial charge on any atom is -0.474 e. The number of hydrogen-bond acceptors (Lipinski definition) is 6. The van der Waals surface area contributed by atoms with Crippen LogP contribution in [-0.4, -0.2) is 61.5 Å². The molecule has 0 N–H and O–H groups in total. The lowest BCUT2D eigenvalue weighted by Crippen LogP contribution is -2.42. The summed E-state index contributed by atoms with van der Waals surface area (Å²) in [6.07, 6.45) is 2.95. The summed E-state index contributed by atoms with van der Waals surface area (Å²) in [4.78, 5) is 22.2. The fourth-order valence-electron chi connectivity index (χ4n) is 5.32. The standard InChI is InChI=1S/C33H32N4O4S/c1-35(2)27-15-12-24(13-16-27)26-14-17-32(34-23-26)41-28-18-20-36(21-19-28)33(38)31-22-25-8-6-7-11-30(25)37(31)42(39,40)29-9-4-3-5-10-29/h3-17,22-23,28H,18-21H2,1-2H3. The lowest BCUT2D eigenvalue weighted by Gasteiger charge is -2.32. The van der Waals surface area contributed by atoms with Crippen LogP contribution in [0, 0.1) is 0 Å². The molecule has 0 saturated carbocycles. The van der Waals surface area contributed by atoms with Gasteiger partial charge < -0.3 is 14.5 Å². The van der Waals surface area contributed by atoms with Crippen LogP contribution in [0.5, 0.6) is 5.88 Å². The molecule has 1 aliphatic heterocycles. The maximum Gasteiger partial charge on any atom is 0.271 e. The van der Waals surface area contributed by atoms with Gasteiger partial charge in [0.1, 0.15) is 11.8 Å². The van der Waals surface area contributed by atoms with Crippen molar-refractivity contribution in [3.05, 3.63) is 109 Å². The van der Waals surface area contributed by atoms with Gasteiger partial charge in [0, 0.05) is 68.9 Å². The Balaban J connectivity index is 1.15. The second-order valence-corrected chi connectivity index (χ2v) is 12.4. The molecular weight excluding hydrogens is 548 g/mol. The van der Waals surface area contributed by atoms with Crippen LogP contribution >= 0.6 is 0 Å². The highest BCUT2D eigenvalue weighted by Gasteiger charge is 2.31. The number of para-hydroxylation sites is 1. The average molecular weight is 581 g/mol. The molecule has 1 saturated heterocycles. The largest absolute Gasteiger partial charge is 0.474 e. The van der Waals surface area contributed by atoms with E-state index < -0.39 is 10.0 Å². The molecular formula is C33H32N4O4S. The first-order valence-electron chi connectivity index (χ1n) is 13.9. The number of fused-ring (bicyclic) bond motifs is 1. The molecule has 0 atom stereocenters. The number of likely N-dealkylation sites (tertiary alicyclic amines) is 1. The van der Waals surface area contributed by atoms with Crippen molar-refractivity contribution in [1.82, 2.24) is 13.9 Å². The van der Waals surface area contributed by atoms with Gasteiger partial charge in [-0.05, 0) is 48.0 Å². The predicted molar refractivity (Wildman–Crippen MR) is 165 cm³/mol. The van der Waals surface area contributed by atoms with Gasteiger partial charge in [0.2, 0.25) is 5.88 Å². The average Bonchev–Trinajstić information content (AvgIpc) is 3.43. The molecule has 5 aromatic rings. The van der Waals surface area contributed by atoms with E-state index in [4.69, 9.17) is 4.74 Å². The summed E-state index contributed by atoms with van der Waals surface area (Å²) in [5.74, 6) is 0.231. The molecule has 42 heavy (non-hydrogen) atoms. The van der Waals surface area contributed by atoms with Crippen molar-refractivity contribution in [3.8, 4) is 17.0 Å². The van der Waals surface area contributed by atoms with Crippen molar-refractivity contribution in [1.29, 1.82) is 0 Å². The number of pyridine rings is 1. The number of amides is 1. The SMILES string of the molecule is CN(C)c1ccc(-c2ccc(OC3CCN(C(=O)c4cc5ccccc5n4S(=O)(=O)c4ccccc4)CC3)nc2)cc1. The molecule has 0 unspecified atom stereocenters. The second-order valence-electron chi connectivity index (χ2n) is 10.6. The number of carbonyl (C=O) groups is 1. The topological polar surface area (TPSA) is 84.7 Å². The Hall–Kier alpha value is -4.63. The van der Waals surface area contributed by atoms with E-state index in [0.717, 1.165) is 16.8 Å². The number of nitrogens with zero attached hydrogens (tertiary/aromatic N) is 4. The van der Waals surface area contributed by atoms with Crippen molar-refractivity contribution in [2.75, 3.05) is 32.1 Å². The van der Waals surface area contributed by atoms with E-state index >= 15 is 0 Å². The number of hydrogen-bond donors (Lipinski definition) is 0. The number of benzene rings is 3. The van der Waals surface area contributed by atoms with Crippen LogP contribution in [0.3, 0.4) is 0 Å². The summed E-state index contributed by atoms with van der Waals surface area (Å²) in [6.45, 7) is 0.902. The lowest BCUT2D eigenvalue weighted by atomic mass is 10.1. The van der Waals surface area contributed by atoms with Crippen LogP contribution in [-0.2, 0) is 10.0 Å². The molecule has 3 aromatic carbocycles. The van der Waals surface area contributed by atoms with Crippen LogP contribution in [0.15, 0.2) is 108 Å². The number of rotatable bonds is 7. The Morgan fingerprint density at radius 2 is 1.52 bits per heavy atom. The third-order valence-electron chi connectivity index (χ3n) is 7.64. The van der Waals surface area contributed by atoms with Gasteiger partial charge in [0.05, 0.1) is 10.4 Å². The van der Waals surface area contributed by atoms with Gasteiger partial charge in [-0.3, -0.25) is 4.79 Å². The van der Waals surface area contributed by atoms with Crippen LogP contribution in [0.2, 0.25) is 0 Å². The Bertz CT molecular complexity index is 1810. The summed E-state index contributed by atoms with van der Waals surface area (Å²) in [5.41, 5.74) is 3.84. The van der Waals surface area contributed by atoms with Crippen LogP contribution in [0.25, 0.3) is 22.0 Å². The monoisotopic (exact) mass is 580 g/mol. The maximum absolute atomic E-state index is 13.7. The first kappa shape index (κ1) is 27.5. The molecule has 1 fully saturated rings. The van der Waals surface area contributed by atoms with Crippen molar-refractivity contribution < 1.29 is 17.9 Å². The normalized spacial score (nSPS) is 14.2. The highest BCUT2D eigenvalue weighted by Crippen LogP contribution is 2.29. The maximum atomic E-state index is 13.7. The summed E-state index contributed by atoms with van der Waals surface area (Å²) in [6, 6.07) is 29.2. The molecule has 2 aromatic heterocycles. The molecule has 0 spiro atoms. The fourth-order valence-corrected chi connectivity index (χ4v) is 6.84. The summed E-state index contributed by atoms with van der Waals surface area (Å²) in [7, 11) is 0.0426. The minimum absolute atomic E-state index is 0.0920. The number of piperidine rings is 1. The highest BCUT2D eigenvalue weighted by atomic mass is 32.2. The third kappa shape index (κ3) is 5.35. The zero-order valence-corrected chi connectivity index (χ0v) is 24.4. The molecule has 0 aliphatic carbocycles. The van der Waals surface area contributed by atoms with Crippen molar-refractivity contribution >= 4 is 32.5 Å². The van der Waals surface area contributed by atoms with Gasteiger partial charge in [0.25, 0.3) is 15.9 Å². The highest BCUT2D eigenvalue weighted by molar-refractivity contribution is 7.90. The van der Waals surface area contributed by atoms with Crippen LogP contribution in [0.1, 0.15) is 23.3 Å². The van der Waals surface area contributed by atoms with E-state index in [1.54, 1.807) is 53.4 Å². The van der Waals surface area contributed by atoms with Gasteiger partial charge in [-0.2, -0.15) is 0 Å². The lowest BCUT2D eigenvalue weighted by molar-refractivity contribution is 0.0582. The fraction of sp³-hybridized carbons (Fsp3) is 0.212. The summed E-state index contributed by atoms with van der Waals surface area (Å²) >= 11 is 0. The Kier molecular flexibility index (Phi) is 7.43. The van der Waals surface area contributed by atoms with E-state index in [-0.39, 0.29) is 22.6 Å². The number of anilines is 1. The predicted octanol–water partition coefficient (Wildman–Crippen LogP) is 5.69. The number of ether oxygens (including phenoxy) is 1. The van der Waals surface area contributed by atoms with Gasteiger partial charge >= 0.3 is 0 Å². The van der Waals surface area contributed by atoms with Crippen LogP contribution in [0.4, 0.5) is 5.69 Å². The summed E-state index contributed by atoms with van der Waals surface area (Å²) in [5, 5.41) is 0.696. The zero-order chi connectivity index (χ0) is 29.3. The Labute approximate surface area is 245 Å². The smallest absolute Gasteiger partial charge is 0.271 e. The summed E-state index contributed by atoms with van der Waals surface area (Å²) < 4.78 is 34.7. The van der Waals surface area contributed by atoms with Gasteiger partial charge in [-0.1, -0.05) is 48.5 Å². The van der Waals surface area contributed by atoms with E-state index in [2.05, 4.69) is 34.1 Å². The first-order valence-corrected chi connectivity index (χ1v) is 15.4. The molecule has 8 nitrogen and oxygen atoms in total. The van der Waals surface area contributed by atoms with Crippen LogP contribution < -0.4 is 9.64 Å². The van der Waals surface area contributed by atoms with Crippen molar-refractivity contribution in [2.24, 2.45) is 0 Å². The molecule has 9 heteroatoms. The van der Waals surface area contributed by atoms with Crippen molar-refractivity contribution in [3.63, 3.8) is 0 Å². The Morgan fingerprint density at radius 1 is 0.857 bits per heavy atom. The molecule has 0 bridgehead atoms. The molecule has 214 valence electrons. The second kappa shape index (κ2) is 11.3. The Morgan fingerprint density at radius 3 is 2.19 bits per heavy atom. The number of aromatic nitrogens is 2.